The lowest BCUT2D eigenvalue weighted by Gasteiger charge is -2.25. The normalized spacial score (nSPS) is 23.6. The van der Waals surface area contributed by atoms with E-state index in [-0.39, 0.29) is 11.8 Å². The average Bonchev–Trinajstić information content (AvgIpc) is 3.11. The molecule has 35 heavy (non-hydrogen) atoms. The van der Waals surface area contributed by atoms with Gasteiger partial charge in [0, 0.05) is 52.4 Å². The fraction of sp³-hybridized carbons (Fsp3) is 0.333. The second-order valence-corrected chi connectivity index (χ2v) is 10.7. The summed E-state index contributed by atoms with van der Waals surface area (Å²) in [5, 5.41) is 14.3. The molecule has 1 spiro atoms. The van der Waals surface area contributed by atoms with Crippen molar-refractivity contribution in [2.75, 3.05) is 38.7 Å². The highest BCUT2D eigenvalue weighted by molar-refractivity contribution is 7.10. The number of thiophene rings is 1. The van der Waals surface area contributed by atoms with Gasteiger partial charge in [-0.05, 0) is 47.9 Å². The lowest BCUT2D eigenvalue weighted by molar-refractivity contribution is -0.118. The van der Waals surface area contributed by atoms with Gasteiger partial charge in [-0.1, -0.05) is 12.1 Å². The van der Waals surface area contributed by atoms with Crippen molar-refractivity contribution in [3.63, 3.8) is 0 Å². The quantitative estimate of drug-likeness (QED) is 0.434. The van der Waals surface area contributed by atoms with Crippen LogP contribution >= 0.6 is 11.3 Å². The summed E-state index contributed by atoms with van der Waals surface area (Å²) in [4.78, 5) is 16.8. The summed E-state index contributed by atoms with van der Waals surface area (Å²) >= 11 is 1.79. The van der Waals surface area contributed by atoms with Crippen molar-refractivity contribution in [1.29, 1.82) is 0 Å². The van der Waals surface area contributed by atoms with Crippen LogP contribution in [0.1, 0.15) is 28.3 Å². The van der Waals surface area contributed by atoms with Gasteiger partial charge in [-0.25, -0.2) is 0 Å². The molecule has 2 atom stereocenters. The molecule has 7 nitrogen and oxygen atoms in total. The van der Waals surface area contributed by atoms with Crippen molar-refractivity contribution in [3.05, 3.63) is 63.8 Å². The lowest BCUT2D eigenvalue weighted by Crippen LogP contribution is -2.35. The van der Waals surface area contributed by atoms with Crippen LogP contribution in [-0.2, 0) is 21.5 Å². The van der Waals surface area contributed by atoms with Crippen LogP contribution in [0, 0.1) is 0 Å². The molecule has 1 unspecified atom stereocenters. The van der Waals surface area contributed by atoms with Gasteiger partial charge < -0.3 is 14.8 Å². The van der Waals surface area contributed by atoms with Crippen molar-refractivity contribution < 1.29 is 14.3 Å². The van der Waals surface area contributed by atoms with Gasteiger partial charge in [0.2, 0.25) is 5.91 Å². The van der Waals surface area contributed by atoms with Crippen LogP contribution in [0.25, 0.3) is 22.2 Å². The Kier molecular flexibility index (Phi) is 4.77. The fourth-order valence-electron chi connectivity index (χ4n) is 5.74. The highest BCUT2D eigenvalue weighted by Gasteiger charge is 2.65. The number of nitrogens with one attached hydrogen (secondary N) is 2. The molecule has 0 bridgehead atoms. The molecule has 2 N–H and O–H groups in total. The van der Waals surface area contributed by atoms with E-state index in [0.29, 0.717) is 0 Å². The summed E-state index contributed by atoms with van der Waals surface area (Å²) in [5.74, 6) is 1.01. The third kappa shape index (κ3) is 3.31. The van der Waals surface area contributed by atoms with Crippen LogP contribution in [0.15, 0.2) is 47.8 Å². The Labute approximate surface area is 207 Å². The number of aromatic nitrogens is 2. The topological polar surface area (TPSA) is 79.5 Å². The Balaban J connectivity index is 1.16. The van der Waals surface area contributed by atoms with E-state index in [2.05, 4.69) is 50.1 Å². The van der Waals surface area contributed by atoms with E-state index >= 15 is 0 Å². The zero-order valence-corrected chi connectivity index (χ0v) is 20.3. The van der Waals surface area contributed by atoms with E-state index in [1.165, 1.54) is 4.88 Å². The number of hydrogen-bond acceptors (Lipinski definition) is 6. The van der Waals surface area contributed by atoms with Crippen molar-refractivity contribution >= 4 is 33.8 Å². The number of carbonyl (C=O) groups excluding carboxylic acids is 1. The average molecular weight is 487 g/mol. The van der Waals surface area contributed by atoms with Gasteiger partial charge in [-0.3, -0.25) is 14.8 Å². The molecule has 4 heterocycles. The number of benzene rings is 2. The van der Waals surface area contributed by atoms with E-state index in [1.807, 2.05) is 18.2 Å². The predicted molar refractivity (Wildman–Crippen MR) is 136 cm³/mol. The largest absolute Gasteiger partial charge is 0.497 e. The molecule has 0 radical (unpaired) electrons. The first kappa shape index (κ1) is 21.1. The summed E-state index contributed by atoms with van der Waals surface area (Å²) in [6, 6.07) is 14.6. The van der Waals surface area contributed by atoms with Crippen molar-refractivity contribution in [1.82, 2.24) is 15.1 Å². The predicted octanol–water partition coefficient (Wildman–Crippen LogP) is 4.51. The Morgan fingerprint density at radius 3 is 2.94 bits per heavy atom. The number of anilines is 1. The third-order valence-corrected chi connectivity index (χ3v) is 8.64. The number of nitrogens with zero attached hydrogens (tertiary/aromatic N) is 2. The third-order valence-electron chi connectivity index (χ3n) is 7.72. The van der Waals surface area contributed by atoms with Crippen molar-refractivity contribution in [3.8, 4) is 17.0 Å². The monoisotopic (exact) mass is 486 g/mol. The Bertz CT molecular complexity index is 1450. The summed E-state index contributed by atoms with van der Waals surface area (Å²) < 4.78 is 10.9. The maximum absolute atomic E-state index is 13.0. The Morgan fingerprint density at radius 2 is 2.09 bits per heavy atom. The van der Waals surface area contributed by atoms with Crippen LogP contribution in [0.2, 0.25) is 0 Å². The van der Waals surface area contributed by atoms with E-state index in [1.54, 1.807) is 18.4 Å². The van der Waals surface area contributed by atoms with E-state index < -0.39 is 5.41 Å². The molecule has 2 aromatic heterocycles. The van der Waals surface area contributed by atoms with E-state index in [0.717, 1.165) is 84.0 Å². The standard InChI is InChI=1S/C27H26N4O3S/c1-33-18-3-5-23-21(12-18)27(26(32)28-23)13-22(27)16-2-4-20-24(11-16)29-30-25(20)17-10-19(35-15-17)14-31-6-8-34-9-7-31/h2-5,10-12,15,22H,6-9,13-14H2,1H3,(H,28,32)(H,29,30)/t22-,27?/m0/s1. The molecular formula is C27H26N4O3S. The smallest absolute Gasteiger partial charge is 0.235 e. The van der Waals surface area contributed by atoms with Crippen LogP contribution in [0.3, 0.4) is 0 Å². The molecule has 4 aromatic rings. The first-order valence-corrected chi connectivity index (χ1v) is 12.9. The highest BCUT2D eigenvalue weighted by atomic mass is 32.1. The van der Waals surface area contributed by atoms with Crippen LogP contribution in [0.5, 0.6) is 5.75 Å². The van der Waals surface area contributed by atoms with Gasteiger partial charge in [-0.2, -0.15) is 5.10 Å². The van der Waals surface area contributed by atoms with Gasteiger partial charge >= 0.3 is 0 Å². The fourth-order valence-corrected chi connectivity index (χ4v) is 6.65. The molecule has 178 valence electrons. The number of amides is 1. The number of methoxy groups -OCH3 is 1. The summed E-state index contributed by atoms with van der Waals surface area (Å²) in [7, 11) is 1.66. The lowest BCUT2D eigenvalue weighted by atomic mass is 9.91. The van der Waals surface area contributed by atoms with Gasteiger partial charge in [0.15, 0.2) is 0 Å². The zero-order chi connectivity index (χ0) is 23.6. The molecule has 7 rings (SSSR count). The number of morpholine rings is 1. The minimum atomic E-state index is -0.498. The highest BCUT2D eigenvalue weighted by Crippen LogP contribution is 2.65. The molecule has 1 saturated carbocycles. The van der Waals surface area contributed by atoms with Crippen LogP contribution in [0.4, 0.5) is 5.69 Å². The van der Waals surface area contributed by atoms with Gasteiger partial charge in [0.1, 0.15) is 11.4 Å². The van der Waals surface area contributed by atoms with E-state index in [9.17, 15) is 4.79 Å². The molecule has 1 aliphatic carbocycles. The maximum atomic E-state index is 13.0. The molecule has 1 saturated heterocycles. The minimum Gasteiger partial charge on any atom is -0.497 e. The number of ether oxygens (including phenoxy) is 2. The number of carbonyl (C=O) groups is 1. The number of aromatic amines is 1. The van der Waals surface area contributed by atoms with Crippen LogP contribution in [-0.4, -0.2) is 54.4 Å². The molecule has 2 aromatic carbocycles. The number of fused-ring (bicyclic) bond motifs is 3. The van der Waals surface area contributed by atoms with Gasteiger partial charge in [0.05, 0.1) is 31.3 Å². The molecule has 2 aliphatic heterocycles. The maximum Gasteiger partial charge on any atom is 0.235 e. The first-order chi connectivity index (χ1) is 17.2. The van der Waals surface area contributed by atoms with Gasteiger partial charge in [0.25, 0.3) is 0 Å². The number of H-pyrrole nitrogens is 1. The first-order valence-electron chi connectivity index (χ1n) is 12.0. The second-order valence-electron chi connectivity index (χ2n) is 9.66. The zero-order valence-electron chi connectivity index (χ0n) is 19.5. The van der Waals surface area contributed by atoms with Crippen LogP contribution < -0.4 is 10.1 Å². The van der Waals surface area contributed by atoms with E-state index in [4.69, 9.17) is 9.47 Å². The minimum absolute atomic E-state index is 0.0854. The van der Waals surface area contributed by atoms with Crippen molar-refractivity contribution in [2.45, 2.75) is 24.3 Å². The molecule has 2 fully saturated rings. The number of rotatable bonds is 5. The summed E-state index contributed by atoms with van der Waals surface area (Å²) in [5.41, 5.74) is 5.74. The molecular weight excluding hydrogens is 460 g/mol. The SMILES string of the molecule is COc1ccc2c(c1)C1(C[C@H]1c1ccc3c(-c4csc(CN5CCOCC5)c4)n[nH]c3c1)C(=O)N2. The molecule has 8 heteroatoms. The Morgan fingerprint density at radius 1 is 1.20 bits per heavy atom. The molecule has 1 amide bonds. The summed E-state index contributed by atoms with van der Waals surface area (Å²) in [6.45, 7) is 4.55. The Hall–Kier alpha value is -3.20. The van der Waals surface area contributed by atoms with Gasteiger partial charge in [-0.15, -0.1) is 11.3 Å². The second kappa shape index (κ2) is 7.91. The number of hydrogen-bond donors (Lipinski definition) is 2. The molecule has 3 aliphatic rings. The summed E-state index contributed by atoms with van der Waals surface area (Å²) in [6.07, 6.45) is 0.806. The van der Waals surface area contributed by atoms with Crippen molar-refractivity contribution in [2.24, 2.45) is 0 Å².